The minimum atomic E-state index is -1.24. The van der Waals surface area contributed by atoms with Gasteiger partial charge in [0.2, 0.25) is 0 Å². The lowest BCUT2D eigenvalue weighted by molar-refractivity contribution is 0.101. The second kappa shape index (κ2) is 7.42. The zero-order valence-electron chi connectivity index (χ0n) is 15.3. The second-order valence-electron chi connectivity index (χ2n) is 6.62. The van der Waals surface area contributed by atoms with Gasteiger partial charge in [0, 0.05) is 24.7 Å². The van der Waals surface area contributed by atoms with Gasteiger partial charge in [0.05, 0.1) is 24.0 Å². The standard InChI is InChI=1S/C21H19F2N3O2/c1-28-17-9-6-14(22)19(23)18(17)21(27)25-15-7-8-16(26-11-2-3-12-26)20-13(15)5-4-10-24-20/h4-10H,2-3,11-12H2,1H3,(H,25,27). The summed E-state index contributed by atoms with van der Waals surface area (Å²) in [6.07, 6.45) is 3.96. The highest BCUT2D eigenvalue weighted by Gasteiger charge is 2.23. The monoisotopic (exact) mass is 383 g/mol. The van der Waals surface area contributed by atoms with Crippen LogP contribution in [0.25, 0.3) is 10.9 Å². The van der Waals surface area contributed by atoms with Gasteiger partial charge in [-0.15, -0.1) is 0 Å². The number of pyridine rings is 1. The van der Waals surface area contributed by atoms with Gasteiger partial charge < -0.3 is 15.0 Å². The van der Waals surface area contributed by atoms with Crippen LogP contribution in [0, 0.1) is 11.6 Å². The third-order valence-corrected chi connectivity index (χ3v) is 4.95. The van der Waals surface area contributed by atoms with E-state index in [1.54, 1.807) is 18.3 Å². The Labute approximate surface area is 160 Å². The number of hydrogen-bond donors (Lipinski definition) is 1. The Bertz CT molecular complexity index is 1050. The van der Waals surface area contributed by atoms with Gasteiger partial charge in [0.15, 0.2) is 11.6 Å². The number of rotatable bonds is 4. The van der Waals surface area contributed by atoms with E-state index in [9.17, 15) is 13.6 Å². The molecule has 5 nitrogen and oxygen atoms in total. The van der Waals surface area contributed by atoms with Crippen molar-refractivity contribution >= 4 is 28.2 Å². The Balaban J connectivity index is 1.74. The highest BCUT2D eigenvalue weighted by Crippen LogP contribution is 2.33. The summed E-state index contributed by atoms with van der Waals surface area (Å²) in [7, 11) is 1.30. The summed E-state index contributed by atoms with van der Waals surface area (Å²) in [6, 6.07) is 9.43. The first-order valence-corrected chi connectivity index (χ1v) is 9.06. The maximum absolute atomic E-state index is 14.2. The van der Waals surface area contributed by atoms with E-state index in [0.29, 0.717) is 5.69 Å². The first-order valence-electron chi connectivity index (χ1n) is 9.06. The van der Waals surface area contributed by atoms with E-state index in [2.05, 4.69) is 15.2 Å². The van der Waals surface area contributed by atoms with Gasteiger partial charge in [0.1, 0.15) is 11.3 Å². The zero-order valence-corrected chi connectivity index (χ0v) is 15.3. The van der Waals surface area contributed by atoms with Crippen molar-refractivity contribution in [1.82, 2.24) is 4.98 Å². The molecule has 0 radical (unpaired) electrons. The number of ether oxygens (including phenoxy) is 1. The molecule has 1 aliphatic heterocycles. The van der Waals surface area contributed by atoms with E-state index in [1.807, 2.05) is 12.1 Å². The number of methoxy groups -OCH3 is 1. The summed E-state index contributed by atoms with van der Waals surface area (Å²) in [4.78, 5) is 19.5. The summed E-state index contributed by atoms with van der Waals surface area (Å²) >= 11 is 0. The maximum atomic E-state index is 14.2. The zero-order chi connectivity index (χ0) is 19.7. The molecule has 1 saturated heterocycles. The summed E-state index contributed by atoms with van der Waals surface area (Å²) in [6.45, 7) is 1.92. The van der Waals surface area contributed by atoms with Gasteiger partial charge in [-0.05, 0) is 49.2 Å². The van der Waals surface area contributed by atoms with Crippen LogP contribution in [-0.4, -0.2) is 31.1 Å². The molecule has 144 valence electrons. The summed E-state index contributed by atoms with van der Waals surface area (Å²) in [5.74, 6) is -3.17. The van der Waals surface area contributed by atoms with Crippen LogP contribution in [0.15, 0.2) is 42.6 Å². The molecule has 2 aromatic carbocycles. The van der Waals surface area contributed by atoms with Crippen LogP contribution in [0.2, 0.25) is 0 Å². The van der Waals surface area contributed by atoms with Crippen LogP contribution >= 0.6 is 0 Å². The fourth-order valence-electron chi connectivity index (χ4n) is 3.58. The minimum Gasteiger partial charge on any atom is -0.496 e. The van der Waals surface area contributed by atoms with Gasteiger partial charge in [-0.2, -0.15) is 0 Å². The second-order valence-corrected chi connectivity index (χ2v) is 6.62. The number of nitrogens with zero attached hydrogens (tertiary/aromatic N) is 2. The lowest BCUT2D eigenvalue weighted by Gasteiger charge is -2.20. The van der Waals surface area contributed by atoms with Crippen molar-refractivity contribution in [2.24, 2.45) is 0 Å². The molecule has 3 aromatic rings. The molecule has 2 heterocycles. The van der Waals surface area contributed by atoms with E-state index < -0.39 is 23.1 Å². The van der Waals surface area contributed by atoms with Crippen molar-refractivity contribution in [2.75, 3.05) is 30.4 Å². The van der Waals surface area contributed by atoms with Crippen molar-refractivity contribution < 1.29 is 18.3 Å². The molecule has 0 atom stereocenters. The van der Waals surface area contributed by atoms with Crippen LogP contribution in [0.1, 0.15) is 23.2 Å². The van der Waals surface area contributed by atoms with Crippen LogP contribution in [0.3, 0.4) is 0 Å². The van der Waals surface area contributed by atoms with E-state index in [1.165, 1.54) is 13.2 Å². The van der Waals surface area contributed by atoms with Crippen LogP contribution in [0.4, 0.5) is 20.2 Å². The molecule has 28 heavy (non-hydrogen) atoms. The Hall–Kier alpha value is -3.22. The normalized spacial score (nSPS) is 13.8. The highest BCUT2D eigenvalue weighted by molar-refractivity contribution is 6.11. The first-order chi connectivity index (χ1) is 13.6. The first kappa shape index (κ1) is 18.2. The molecule has 1 amide bonds. The number of hydrogen-bond acceptors (Lipinski definition) is 4. The Morgan fingerprint density at radius 2 is 1.93 bits per heavy atom. The van der Waals surface area contributed by atoms with E-state index in [0.717, 1.165) is 48.6 Å². The van der Waals surface area contributed by atoms with Crippen LogP contribution < -0.4 is 15.0 Å². The molecule has 0 bridgehead atoms. The molecule has 1 fully saturated rings. The maximum Gasteiger partial charge on any atom is 0.262 e. The minimum absolute atomic E-state index is 0.0347. The largest absolute Gasteiger partial charge is 0.496 e. The fraction of sp³-hybridized carbons (Fsp3) is 0.238. The summed E-state index contributed by atoms with van der Waals surface area (Å²) in [5, 5.41) is 3.41. The highest BCUT2D eigenvalue weighted by atomic mass is 19.2. The molecule has 1 aliphatic rings. The van der Waals surface area contributed by atoms with Crippen molar-refractivity contribution in [1.29, 1.82) is 0 Å². The number of carbonyl (C=O) groups is 1. The van der Waals surface area contributed by atoms with Crippen molar-refractivity contribution in [3.05, 3.63) is 59.8 Å². The third-order valence-electron chi connectivity index (χ3n) is 4.95. The molecular weight excluding hydrogens is 364 g/mol. The van der Waals surface area contributed by atoms with Gasteiger partial charge in [-0.1, -0.05) is 0 Å². The lowest BCUT2D eigenvalue weighted by Crippen LogP contribution is -2.19. The Morgan fingerprint density at radius 3 is 2.68 bits per heavy atom. The van der Waals surface area contributed by atoms with E-state index >= 15 is 0 Å². The Morgan fingerprint density at radius 1 is 1.14 bits per heavy atom. The molecule has 0 aliphatic carbocycles. The summed E-state index contributed by atoms with van der Waals surface area (Å²) < 4.78 is 32.9. The molecule has 1 N–H and O–H groups in total. The van der Waals surface area contributed by atoms with Gasteiger partial charge >= 0.3 is 0 Å². The number of nitrogens with one attached hydrogen (secondary N) is 1. The predicted octanol–water partition coefficient (Wildman–Crippen LogP) is 4.37. The number of aromatic nitrogens is 1. The molecule has 0 saturated carbocycles. The number of amides is 1. The Kier molecular flexibility index (Phi) is 4.81. The van der Waals surface area contributed by atoms with E-state index in [-0.39, 0.29) is 5.75 Å². The van der Waals surface area contributed by atoms with Gasteiger partial charge in [0.25, 0.3) is 5.91 Å². The number of carbonyl (C=O) groups excluding carboxylic acids is 1. The SMILES string of the molecule is COc1ccc(F)c(F)c1C(=O)Nc1ccc(N2CCCC2)c2ncccc12. The van der Waals surface area contributed by atoms with Crippen molar-refractivity contribution in [3.8, 4) is 5.75 Å². The average Bonchev–Trinajstić information content (AvgIpc) is 3.24. The molecular formula is C21H19F2N3O2. The van der Waals surface area contributed by atoms with Gasteiger partial charge in [-0.3, -0.25) is 9.78 Å². The number of fused-ring (bicyclic) bond motifs is 1. The third kappa shape index (κ3) is 3.13. The van der Waals surface area contributed by atoms with Crippen LogP contribution in [0.5, 0.6) is 5.75 Å². The molecule has 4 rings (SSSR count). The van der Waals surface area contributed by atoms with Crippen LogP contribution in [-0.2, 0) is 0 Å². The number of benzene rings is 2. The number of halogens is 2. The quantitative estimate of drug-likeness (QED) is 0.727. The van der Waals surface area contributed by atoms with Crippen molar-refractivity contribution in [3.63, 3.8) is 0 Å². The topological polar surface area (TPSA) is 54.5 Å². The van der Waals surface area contributed by atoms with E-state index in [4.69, 9.17) is 4.74 Å². The van der Waals surface area contributed by atoms with Gasteiger partial charge in [-0.25, -0.2) is 8.78 Å². The number of anilines is 2. The molecule has 7 heteroatoms. The molecule has 1 aromatic heterocycles. The lowest BCUT2D eigenvalue weighted by atomic mass is 10.1. The molecule has 0 spiro atoms. The summed E-state index contributed by atoms with van der Waals surface area (Å²) in [5.41, 5.74) is 1.76. The molecule has 0 unspecified atom stereocenters. The average molecular weight is 383 g/mol. The predicted molar refractivity (Wildman–Crippen MR) is 104 cm³/mol. The smallest absolute Gasteiger partial charge is 0.262 e. The fourth-order valence-corrected chi connectivity index (χ4v) is 3.58. The van der Waals surface area contributed by atoms with Crippen molar-refractivity contribution in [2.45, 2.75) is 12.8 Å².